The van der Waals surface area contributed by atoms with Gasteiger partial charge in [0.25, 0.3) is 0 Å². The Morgan fingerprint density at radius 1 is 0.353 bits per heavy atom. The van der Waals surface area contributed by atoms with Gasteiger partial charge in [-0.25, -0.2) is 14.4 Å². The van der Waals surface area contributed by atoms with E-state index in [4.69, 9.17) is 42.6 Å². The molecule has 12 nitrogen and oxygen atoms in total. The lowest BCUT2D eigenvalue weighted by atomic mass is 9.83. The van der Waals surface area contributed by atoms with E-state index in [1.807, 2.05) is 72.8 Å². The molecule has 0 N–H and O–H groups in total. The van der Waals surface area contributed by atoms with E-state index in [9.17, 15) is 14.4 Å². The van der Waals surface area contributed by atoms with Gasteiger partial charge < -0.3 is 42.6 Å². The first kappa shape index (κ1) is 66.7. The van der Waals surface area contributed by atoms with Crippen LogP contribution in [0.25, 0.3) is 0 Å². The average molecular weight is 1850 g/mol. The fourth-order valence-electron chi connectivity index (χ4n) is 11.2. The van der Waals surface area contributed by atoms with Crippen LogP contribution in [0.2, 0.25) is 0 Å². The standard InChI is InChI=1S/C66H69I6O12S/c1-4-64(28-10-7-11-29-64)82-61(73)40-76-55-34-52(70)58(37-49(55)67)79-43-16-22-46(23-17-43)85(47-24-18-44(19-25-47)80-59-38-50(68)56(35-53(59)71)77-41-62(74)83-65(5-2)30-12-8-13-31-65)48-26-20-45(21-27-48)81-60-39-51(69)57(36-54(60)72)78-42-63(75)84-66(6-3)32-14-9-15-33-66/h16-27,34-39H,4-15,28-33,40-42H2,1-3H3/q+1. The maximum Gasteiger partial charge on any atom is 0.344 e. The molecule has 3 fully saturated rings. The van der Waals surface area contributed by atoms with Crippen molar-refractivity contribution < 1.29 is 57.0 Å². The molecule has 0 radical (unpaired) electrons. The molecule has 6 aromatic carbocycles. The molecule has 0 aliphatic heterocycles. The minimum absolute atomic E-state index is 0.156. The number of halogens is 6. The number of hydrogen-bond donors (Lipinski definition) is 0. The van der Waals surface area contributed by atoms with Crippen molar-refractivity contribution in [1.82, 2.24) is 0 Å². The Labute approximate surface area is 584 Å². The van der Waals surface area contributed by atoms with Crippen molar-refractivity contribution in [3.8, 4) is 51.7 Å². The third-order valence-corrected chi connectivity index (χ3v) is 23.4. The summed E-state index contributed by atoms with van der Waals surface area (Å²) in [5.41, 5.74) is -1.16. The summed E-state index contributed by atoms with van der Waals surface area (Å²) in [5.74, 6) is 4.76. The Morgan fingerprint density at radius 2 is 0.576 bits per heavy atom. The molecule has 0 bridgehead atoms. The monoisotopic (exact) mass is 1850 g/mol. The maximum atomic E-state index is 13.0. The first-order chi connectivity index (χ1) is 41.0. The molecule has 3 aliphatic rings. The van der Waals surface area contributed by atoms with Gasteiger partial charge >= 0.3 is 17.9 Å². The minimum atomic E-state index is -0.588. The molecule has 0 atom stereocenters. The second kappa shape index (κ2) is 31.3. The zero-order valence-electron chi connectivity index (χ0n) is 47.8. The summed E-state index contributed by atoms with van der Waals surface area (Å²) >= 11 is 13.4. The van der Waals surface area contributed by atoms with E-state index in [-0.39, 0.29) is 54.5 Å². The van der Waals surface area contributed by atoms with Crippen LogP contribution < -0.4 is 28.4 Å². The number of esters is 3. The van der Waals surface area contributed by atoms with Gasteiger partial charge in [-0.15, -0.1) is 0 Å². The van der Waals surface area contributed by atoms with Crippen LogP contribution in [-0.2, 0) is 39.5 Å². The molecule has 0 spiro atoms. The zero-order chi connectivity index (χ0) is 60.1. The number of hydrogen-bond acceptors (Lipinski definition) is 12. The summed E-state index contributed by atoms with van der Waals surface area (Å²) in [7, 11) is -0.588. The molecule has 0 saturated heterocycles. The molecule has 0 aromatic heterocycles. The highest BCUT2D eigenvalue weighted by Gasteiger charge is 2.37. The molecule has 452 valence electrons. The number of ether oxygens (including phenoxy) is 9. The van der Waals surface area contributed by atoms with Gasteiger partial charge in [-0.3, -0.25) is 0 Å². The van der Waals surface area contributed by atoms with Crippen LogP contribution in [-0.4, -0.2) is 54.5 Å². The van der Waals surface area contributed by atoms with Crippen molar-refractivity contribution in [3.63, 3.8) is 0 Å². The Morgan fingerprint density at radius 3 is 0.812 bits per heavy atom. The second-order valence-corrected chi connectivity index (χ2v) is 30.7. The highest BCUT2D eigenvalue weighted by Crippen LogP contribution is 2.42. The molecular weight excluding hydrogens is 1780 g/mol. The molecule has 0 heterocycles. The van der Waals surface area contributed by atoms with Gasteiger partial charge in [-0.1, -0.05) is 40.0 Å². The van der Waals surface area contributed by atoms with Gasteiger partial charge in [0.15, 0.2) is 34.5 Å². The third-order valence-electron chi connectivity index (χ3n) is 16.1. The molecule has 3 saturated carbocycles. The lowest BCUT2D eigenvalue weighted by molar-refractivity contribution is -0.167. The van der Waals surface area contributed by atoms with Gasteiger partial charge in [0, 0.05) is 0 Å². The molecule has 0 unspecified atom stereocenters. The van der Waals surface area contributed by atoms with Crippen molar-refractivity contribution in [2.45, 2.75) is 168 Å². The summed E-state index contributed by atoms with van der Waals surface area (Å²) in [6, 6.07) is 35.9. The Bertz CT molecular complexity index is 2930. The van der Waals surface area contributed by atoms with Crippen molar-refractivity contribution >= 4 is 164 Å². The number of carbonyl (C=O) groups is 3. The van der Waals surface area contributed by atoms with Crippen molar-refractivity contribution in [2.24, 2.45) is 0 Å². The average Bonchev–Trinajstić information content (AvgIpc) is 3.70. The summed E-state index contributed by atoms with van der Waals surface area (Å²) < 4.78 is 60.6. The van der Waals surface area contributed by atoms with E-state index in [1.54, 1.807) is 0 Å². The fourth-order valence-corrected chi connectivity index (χ4v) is 16.7. The summed E-state index contributed by atoms with van der Waals surface area (Å²) in [6.45, 7) is 5.80. The van der Waals surface area contributed by atoms with Crippen molar-refractivity contribution in [1.29, 1.82) is 0 Å². The zero-order valence-corrected chi connectivity index (χ0v) is 61.6. The highest BCUT2D eigenvalue weighted by atomic mass is 127. The Balaban J connectivity index is 0.897. The fraction of sp³-hybridized carbons (Fsp3) is 0.409. The van der Waals surface area contributed by atoms with E-state index < -0.39 is 10.9 Å². The molecule has 85 heavy (non-hydrogen) atoms. The van der Waals surface area contributed by atoms with Crippen LogP contribution in [0.1, 0.15) is 136 Å². The predicted molar refractivity (Wildman–Crippen MR) is 380 cm³/mol. The first-order valence-corrected chi connectivity index (χ1v) is 36.8. The van der Waals surface area contributed by atoms with E-state index in [2.05, 4.69) is 193 Å². The maximum absolute atomic E-state index is 13.0. The Hall–Kier alpha value is -2.74. The molecule has 19 heteroatoms. The van der Waals surface area contributed by atoms with Gasteiger partial charge in [-0.2, -0.15) is 0 Å². The van der Waals surface area contributed by atoms with Crippen LogP contribution in [0, 0.1) is 21.4 Å². The molecule has 9 rings (SSSR count). The van der Waals surface area contributed by atoms with Crippen LogP contribution in [0.4, 0.5) is 0 Å². The minimum Gasteiger partial charge on any atom is -0.481 e. The Kier molecular flexibility index (Phi) is 24.6. The molecular formula is C66H69I6O12S+. The van der Waals surface area contributed by atoms with Crippen LogP contribution in [0.15, 0.2) is 124 Å². The highest BCUT2D eigenvalue weighted by molar-refractivity contribution is 14.1. The molecule has 3 aliphatic carbocycles. The predicted octanol–water partition coefficient (Wildman–Crippen LogP) is 19.9. The van der Waals surface area contributed by atoms with Crippen molar-refractivity contribution in [2.75, 3.05) is 19.8 Å². The van der Waals surface area contributed by atoms with Gasteiger partial charge in [0.05, 0.1) is 32.3 Å². The molecule has 0 amide bonds. The normalized spacial score (nSPS) is 16.2. The van der Waals surface area contributed by atoms with Gasteiger partial charge in [0.1, 0.15) is 68.5 Å². The lowest BCUT2D eigenvalue weighted by Gasteiger charge is -2.35. The van der Waals surface area contributed by atoms with E-state index in [0.29, 0.717) is 51.7 Å². The van der Waals surface area contributed by atoms with Crippen LogP contribution in [0.5, 0.6) is 51.7 Å². The first-order valence-electron chi connectivity index (χ1n) is 29.1. The lowest BCUT2D eigenvalue weighted by Crippen LogP contribution is -2.38. The summed E-state index contributed by atoms with van der Waals surface area (Å²) in [6.07, 6.45) is 17.8. The number of carbonyl (C=O) groups excluding carboxylic acids is 3. The van der Waals surface area contributed by atoms with Crippen LogP contribution in [0.3, 0.4) is 0 Å². The largest absolute Gasteiger partial charge is 0.481 e. The third kappa shape index (κ3) is 18.0. The van der Waals surface area contributed by atoms with Gasteiger partial charge in [-0.05, 0) is 341 Å². The number of rotatable bonds is 24. The summed E-state index contributed by atoms with van der Waals surface area (Å²) in [4.78, 5) is 42.1. The van der Waals surface area contributed by atoms with E-state index in [0.717, 1.165) is 132 Å². The number of benzene rings is 6. The van der Waals surface area contributed by atoms with Gasteiger partial charge in [0.2, 0.25) is 0 Å². The SMILES string of the molecule is CCC1(OC(=O)COc2cc(I)c(Oc3ccc([S+](c4ccc(Oc5cc(I)c(OCC(=O)OC6(CC)CCCCC6)cc5I)cc4)c4ccc(Oc5cc(I)c(OCC(=O)OC6(CC)CCCCC6)cc5I)cc4)cc3)cc2I)CCCCC1. The van der Waals surface area contributed by atoms with E-state index in [1.165, 1.54) is 19.3 Å². The second-order valence-electron chi connectivity index (χ2n) is 21.7. The van der Waals surface area contributed by atoms with Crippen molar-refractivity contribution in [3.05, 3.63) is 131 Å². The molecule has 6 aromatic rings. The van der Waals surface area contributed by atoms with Crippen LogP contribution >= 0.6 is 136 Å². The quantitative estimate of drug-likeness (QED) is 0.0247. The van der Waals surface area contributed by atoms with E-state index >= 15 is 0 Å². The smallest absolute Gasteiger partial charge is 0.344 e. The topological polar surface area (TPSA) is 134 Å². The summed E-state index contributed by atoms with van der Waals surface area (Å²) in [5, 5.41) is 0.